The molecule has 6 heteroatoms. The largest absolute Gasteiger partial charge is 0.490 e. The van der Waals surface area contributed by atoms with Crippen molar-refractivity contribution >= 4 is 16.9 Å². The van der Waals surface area contributed by atoms with Crippen molar-refractivity contribution in [2.75, 3.05) is 13.2 Å². The van der Waals surface area contributed by atoms with Gasteiger partial charge in [0.05, 0.1) is 11.1 Å². The van der Waals surface area contributed by atoms with E-state index in [1.54, 1.807) is 0 Å². The third-order valence-corrected chi connectivity index (χ3v) is 4.83. The van der Waals surface area contributed by atoms with Gasteiger partial charge in [0.25, 0.3) is 0 Å². The highest BCUT2D eigenvalue weighted by molar-refractivity contribution is 5.86. The summed E-state index contributed by atoms with van der Waals surface area (Å²) in [6.45, 7) is 6.46. The van der Waals surface area contributed by atoms with E-state index in [0.29, 0.717) is 18.3 Å². The molecule has 3 N–H and O–H groups in total. The summed E-state index contributed by atoms with van der Waals surface area (Å²) in [6, 6.07) is 8.21. The van der Waals surface area contributed by atoms with E-state index >= 15 is 0 Å². The molecule has 2 aromatic rings. The van der Waals surface area contributed by atoms with Crippen molar-refractivity contribution in [2.45, 2.75) is 58.8 Å². The summed E-state index contributed by atoms with van der Waals surface area (Å²) in [5, 5.41) is 14.4. The molecule has 27 heavy (non-hydrogen) atoms. The number of aliphatic hydroxyl groups excluding tert-OH is 1. The van der Waals surface area contributed by atoms with Crippen LogP contribution in [0.5, 0.6) is 5.75 Å². The van der Waals surface area contributed by atoms with E-state index in [1.807, 2.05) is 45.0 Å². The number of carbonyl (C=O) groups excluding carboxylic acids is 1. The molecule has 0 spiro atoms. The van der Waals surface area contributed by atoms with Gasteiger partial charge in [0.15, 0.2) is 0 Å². The number of aromatic nitrogens is 1. The lowest BCUT2D eigenvalue weighted by Crippen LogP contribution is -2.41. The van der Waals surface area contributed by atoms with E-state index in [2.05, 4.69) is 10.3 Å². The fraction of sp³-hybridized carbons (Fsp3) is 0.571. The fourth-order valence-corrected chi connectivity index (χ4v) is 2.91. The number of benzene rings is 1. The minimum Gasteiger partial charge on any atom is -0.490 e. The predicted octanol–water partition coefficient (Wildman–Crippen LogP) is 3.14. The maximum Gasteiger partial charge on any atom is 0.311 e. The molecule has 6 nitrogen and oxygen atoms in total. The van der Waals surface area contributed by atoms with E-state index in [9.17, 15) is 9.90 Å². The number of hydrogen-bond donors (Lipinski definition) is 3. The zero-order chi connectivity index (χ0) is 19.4. The molecule has 1 aliphatic carbocycles. The van der Waals surface area contributed by atoms with Crippen LogP contribution in [0.3, 0.4) is 0 Å². The molecule has 1 saturated carbocycles. The fourth-order valence-electron chi connectivity index (χ4n) is 2.91. The molecule has 0 saturated heterocycles. The third kappa shape index (κ3) is 5.23. The van der Waals surface area contributed by atoms with Crippen molar-refractivity contribution in [3.05, 3.63) is 30.0 Å². The van der Waals surface area contributed by atoms with Crippen molar-refractivity contribution in [3.63, 3.8) is 0 Å². The molecule has 1 heterocycles. The van der Waals surface area contributed by atoms with Gasteiger partial charge in [0.1, 0.15) is 25.1 Å². The zero-order valence-corrected chi connectivity index (χ0v) is 16.4. The molecule has 0 radical (unpaired) electrons. The van der Waals surface area contributed by atoms with Gasteiger partial charge in [-0.15, -0.1) is 0 Å². The Morgan fingerprint density at radius 2 is 2.15 bits per heavy atom. The van der Waals surface area contributed by atoms with E-state index in [1.165, 1.54) is 19.3 Å². The highest BCUT2D eigenvalue weighted by Gasteiger charge is 2.23. The van der Waals surface area contributed by atoms with Crippen molar-refractivity contribution in [2.24, 2.45) is 5.41 Å². The molecule has 1 fully saturated rings. The summed E-state index contributed by atoms with van der Waals surface area (Å²) in [6.07, 6.45) is 3.11. The number of esters is 1. The third-order valence-electron chi connectivity index (χ3n) is 4.83. The summed E-state index contributed by atoms with van der Waals surface area (Å²) >= 11 is 0. The highest BCUT2D eigenvalue weighted by atomic mass is 16.5. The van der Waals surface area contributed by atoms with Crippen LogP contribution in [0.15, 0.2) is 24.3 Å². The maximum absolute atomic E-state index is 11.9. The zero-order valence-electron chi connectivity index (χ0n) is 16.4. The Kier molecular flexibility index (Phi) is 6.07. The standard InChI is InChI=1S/C21H30N2O4/c1-21(2,3)20(25)27-12-15-10-17-18(23-15)8-5-9-19(17)26-13-16(24)11-22-14-6-4-7-14/h5,8-10,14,16,22-24H,4,6-7,11-13H2,1-3H3. The van der Waals surface area contributed by atoms with Gasteiger partial charge in [0, 0.05) is 23.5 Å². The first kappa shape index (κ1) is 19.7. The Morgan fingerprint density at radius 3 is 2.81 bits per heavy atom. The van der Waals surface area contributed by atoms with Crippen LogP contribution in [0, 0.1) is 5.41 Å². The summed E-state index contributed by atoms with van der Waals surface area (Å²) in [7, 11) is 0. The van der Waals surface area contributed by atoms with Gasteiger partial charge in [-0.25, -0.2) is 0 Å². The lowest BCUT2D eigenvalue weighted by atomic mass is 9.93. The molecular formula is C21H30N2O4. The first-order chi connectivity index (χ1) is 12.8. The normalized spacial score (nSPS) is 16.1. The minimum absolute atomic E-state index is 0.193. The van der Waals surface area contributed by atoms with Crippen LogP contribution >= 0.6 is 0 Å². The number of nitrogens with one attached hydrogen (secondary N) is 2. The SMILES string of the molecule is CC(C)(C)C(=O)OCc1cc2c(OCC(O)CNC3CCC3)cccc2[nH]1. The Hall–Kier alpha value is -2.05. The van der Waals surface area contributed by atoms with Crippen LogP contribution in [0.1, 0.15) is 45.7 Å². The second-order valence-electron chi connectivity index (χ2n) is 8.34. The molecule has 0 amide bonds. The van der Waals surface area contributed by atoms with Gasteiger partial charge in [-0.05, 0) is 51.8 Å². The van der Waals surface area contributed by atoms with Gasteiger partial charge < -0.3 is 24.9 Å². The second-order valence-corrected chi connectivity index (χ2v) is 8.34. The molecule has 0 aliphatic heterocycles. The average molecular weight is 374 g/mol. The van der Waals surface area contributed by atoms with Crippen LogP contribution < -0.4 is 10.1 Å². The van der Waals surface area contributed by atoms with Crippen molar-refractivity contribution in [1.82, 2.24) is 10.3 Å². The number of aliphatic hydroxyl groups is 1. The Morgan fingerprint density at radius 1 is 1.37 bits per heavy atom. The quantitative estimate of drug-likeness (QED) is 0.618. The molecule has 1 aromatic carbocycles. The van der Waals surface area contributed by atoms with Gasteiger partial charge in [-0.1, -0.05) is 12.5 Å². The van der Waals surface area contributed by atoms with Gasteiger partial charge >= 0.3 is 5.97 Å². The molecule has 1 aromatic heterocycles. The number of H-pyrrole nitrogens is 1. The monoisotopic (exact) mass is 374 g/mol. The Labute approximate surface area is 160 Å². The number of aromatic amines is 1. The summed E-state index contributed by atoms with van der Waals surface area (Å²) < 4.78 is 11.2. The Balaban J connectivity index is 1.57. The van der Waals surface area contributed by atoms with Crippen LogP contribution in [-0.2, 0) is 16.1 Å². The van der Waals surface area contributed by atoms with E-state index in [4.69, 9.17) is 9.47 Å². The first-order valence-electron chi connectivity index (χ1n) is 9.65. The molecule has 1 unspecified atom stereocenters. The number of carbonyl (C=O) groups is 1. The number of hydrogen-bond acceptors (Lipinski definition) is 5. The van der Waals surface area contributed by atoms with Crippen molar-refractivity contribution in [3.8, 4) is 5.75 Å². The summed E-state index contributed by atoms with van der Waals surface area (Å²) in [5.41, 5.74) is 1.20. The number of rotatable bonds is 8. The molecule has 0 bridgehead atoms. The molecule has 148 valence electrons. The topological polar surface area (TPSA) is 83.6 Å². The minimum atomic E-state index is -0.549. The summed E-state index contributed by atoms with van der Waals surface area (Å²) in [5.74, 6) is 0.472. The van der Waals surface area contributed by atoms with Crippen molar-refractivity contribution in [1.29, 1.82) is 0 Å². The van der Waals surface area contributed by atoms with Crippen LogP contribution in [0.25, 0.3) is 10.9 Å². The van der Waals surface area contributed by atoms with Gasteiger partial charge in [0.2, 0.25) is 0 Å². The van der Waals surface area contributed by atoms with Gasteiger partial charge in [-0.3, -0.25) is 4.79 Å². The lowest BCUT2D eigenvalue weighted by Gasteiger charge is -2.27. The lowest BCUT2D eigenvalue weighted by molar-refractivity contribution is -0.154. The molecule has 1 aliphatic rings. The first-order valence-corrected chi connectivity index (χ1v) is 9.65. The second kappa shape index (κ2) is 8.31. The van der Waals surface area contributed by atoms with Gasteiger partial charge in [-0.2, -0.15) is 0 Å². The van der Waals surface area contributed by atoms with Crippen LogP contribution in [-0.4, -0.2) is 41.4 Å². The highest BCUT2D eigenvalue weighted by Crippen LogP contribution is 2.27. The Bertz CT molecular complexity index is 774. The molecule has 3 rings (SSSR count). The van der Waals surface area contributed by atoms with E-state index in [-0.39, 0.29) is 19.2 Å². The van der Waals surface area contributed by atoms with E-state index in [0.717, 1.165) is 16.6 Å². The smallest absolute Gasteiger partial charge is 0.311 e. The van der Waals surface area contributed by atoms with Crippen LogP contribution in [0.2, 0.25) is 0 Å². The molecular weight excluding hydrogens is 344 g/mol. The average Bonchev–Trinajstić information content (AvgIpc) is 2.99. The summed E-state index contributed by atoms with van der Waals surface area (Å²) in [4.78, 5) is 15.2. The number of ether oxygens (including phenoxy) is 2. The van der Waals surface area contributed by atoms with E-state index < -0.39 is 11.5 Å². The van der Waals surface area contributed by atoms with Crippen molar-refractivity contribution < 1.29 is 19.4 Å². The molecule has 1 atom stereocenters. The number of fused-ring (bicyclic) bond motifs is 1. The maximum atomic E-state index is 11.9. The van der Waals surface area contributed by atoms with Crippen LogP contribution in [0.4, 0.5) is 0 Å². The predicted molar refractivity (Wildman–Crippen MR) is 105 cm³/mol.